The Morgan fingerprint density at radius 3 is 2.19 bits per heavy atom. The molecule has 11 N–H and O–H groups in total. The van der Waals surface area contributed by atoms with Crippen LogP contribution in [0.1, 0.15) is 6.42 Å². The van der Waals surface area contributed by atoms with Gasteiger partial charge in [-0.1, -0.05) is 0 Å². The standard InChI is InChI=1S/C17H33N2O16P/c18-31-6-9(21)19-2-1-3-30-17-15(13(25)10(22)7(4-20)33-17)35-16-14(26)12(24)11(23)8(34-16)5-32-36(27,28)29/h7-8,10-17,20,22-26H,1-6,18H2,(H,19,21)(H2,27,28,29)/t7?,8?,10-,11-,12+,13+,14?,15?,16-,17+/m1/s1. The molecule has 0 radical (unpaired) electrons. The molecule has 2 saturated heterocycles. The van der Waals surface area contributed by atoms with Gasteiger partial charge in [0, 0.05) is 6.54 Å². The molecule has 0 aromatic rings. The SMILES string of the molecule is NOCC(=O)NCCCO[C@H]1OC(CO)[C@@H](O)[C@H](O)C1O[C@H]1OC(COP(=O)(O)O)[C@@H](O)[C@H](O)C1O. The number of hydrogen-bond acceptors (Lipinski definition) is 15. The summed E-state index contributed by atoms with van der Waals surface area (Å²) in [4.78, 5) is 33.2. The Morgan fingerprint density at radius 2 is 1.58 bits per heavy atom. The topological polar surface area (TPSA) is 289 Å². The highest BCUT2D eigenvalue weighted by Crippen LogP contribution is 2.37. The molecule has 4 unspecified atom stereocenters. The second kappa shape index (κ2) is 14.3. The summed E-state index contributed by atoms with van der Waals surface area (Å²) < 4.78 is 37.0. The lowest BCUT2D eigenvalue weighted by Crippen LogP contribution is -2.64. The van der Waals surface area contributed by atoms with Gasteiger partial charge in [-0.05, 0) is 6.42 Å². The van der Waals surface area contributed by atoms with Gasteiger partial charge < -0.3 is 64.7 Å². The summed E-state index contributed by atoms with van der Waals surface area (Å²) in [5, 5.41) is 63.1. The molecule has 19 heteroatoms. The molecule has 0 bridgehead atoms. The van der Waals surface area contributed by atoms with Gasteiger partial charge in [-0.3, -0.25) is 14.2 Å². The third-order valence-electron chi connectivity index (χ3n) is 5.33. The van der Waals surface area contributed by atoms with Crippen molar-refractivity contribution in [2.45, 2.75) is 67.8 Å². The number of carbonyl (C=O) groups is 1. The molecule has 212 valence electrons. The van der Waals surface area contributed by atoms with Crippen LogP contribution in [0.4, 0.5) is 0 Å². The lowest BCUT2D eigenvalue weighted by Gasteiger charge is -2.46. The van der Waals surface area contributed by atoms with E-state index < -0.39 is 88.4 Å². The second-order valence-electron chi connectivity index (χ2n) is 7.99. The van der Waals surface area contributed by atoms with Crippen LogP contribution in [-0.4, -0.2) is 141 Å². The van der Waals surface area contributed by atoms with E-state index in [0.29, 0.717) is 0 Å². The third-order valence-corrected chi connectivity index (χ3v) is 5.82. The predicted molar refractivity (Wildman–Crippen MR) is 111 cm³/mol. The fraction of sp³-hybridized carbons (Fsp3) is 0.941. The van der Waals surface area contributed by atoms with E-state index >= 15 is 0 Å². The molecule has 18 nitrogen and oxygen atoms in total. The van der Waals surface area contributed by atoms with Crippen molar-refractivity contribution < 1.29 is 78.1 Å². The average molecular weight is 552 g/mol. The van der Waals surface area contributed by atoms with Gasteiger partial charge in [0.25, 0.3) is 0 Å². The van der Waals surface area contributed by atoms with Crippen molar-refractivity contribution in [3.05, 3.63) is 0 Å². The number of nitrogens with two attached hydrogens (primary N) is 1. The Morgan fingerprint density at radius 1 is 0.944 bits per heavy atom. The zero-order valence-corrected chi connectivity index (χ0v) is 19.8. The zero-order valence-electron chi connectivity index (χ0n) is 18.9. The molecule has 0 aromatic carbocycles. The summed E-state index contributed by atoms with van der Waals surface area (Å²) in [6.07, 6.45) is -16.5. The Hall–Kier alpha value is -0.900. The monoisotopic (exact) mass is 552 g/mol. The van der Waals surface area contributed by atoms with E-state index in [0.717, 1.165) is 0 Å². The van der Waals surface area contributed by atoms with Gasteiger partial charge in [0.15, 0.2) is 12.6 Å². The van der Waals surface area contributed by atoms with Crippen LogP contribution in [-0.2, 0) is 37.7 Å². The molecule has 36 heavy (non-hydrogen) atoms. The molecule has 2 heterocycles. The quantitative estimate of drug-likeness (QED) is 0.0578. The van der Waals surface area contributed by atoms with E-state index in [4.69, 9.17) is 34.6 Å². The molecule has 0 aliphatic carbocycles. The van der Waals surface area contributed by atoms with E-state index in [1.165, 1.54) is 0 Å². The van der Waals surface area contributed by atoms with Crippen LogP contribution in [0.3, 0.4) is 0 Å². The molecule has 1 amide bonds. The number of aliphatic hydroxyl groups excluding tert-OH is 6. The van der Waals surface area contributed by atoms with E-state index in [1.807, 2.05) is 0 Å². The van der Waals surface area contributed by atoms with E-state index in [9.17, 15) is 40.0 Å². The van der Waals surface area contributed by atoms with Gasteiger partial charge in [0.05, 0.1) is 19.8 Å². The molecule has 0 saturated carbocycles. The van der Waals surface area contributed by atoms with Crippen molar-refractivity contribution in [2.75, 3.05) is 33.0 Å². The number of hydrogen-bond donors (Lipinski definition) is 10. The Kier molecular flexibility index (Phi) is 12.4. The number of phosphoric acid groups is 1. The molecular formula is C17H33N2O16P. The minimum atomic E-state index is -4.97. The van der Waals surface area contributed by atoms with Crippen molar-refractivity contribution in [2.24, 2.45) is 5.90 Å². The minimum Gasteiger partial charge on any atom is -0.394 e. The van der Waals surface area contributed by atoms with Crippen LogP contribution in [0.2, 0.25) is 0 Å². The van der Waals surface area contributed by atoms with Gasteiger partial charge in [0.1, 0.15) is 55.4 Å². The summed E-state index contributed by atoms with van der Waals surface area (Å²) >= 11 is 0. The van der Waals surface area contributed by atoms with Crippen molar-refractivity contribution >= 4 is 13.7 Å². The predicted octanol–water partition coefficient (Wildman–Crippen LogP) is -5.86. The number of nitrogens with one attached hydrogen (secondary N) is 1. The minimum absolute atomic E-state index is 0.0799. The number of amides is 1. The number of aliphatic hydroxyl groups is 6. The molecule has 2 fully saturated rings. The van der Waals surface area contributed by atoms with Crippen LogP contribution in [0.5, 0.6) is 0 Å². The summed E-state index contributed by atoms with van der Waals surface area (Å²) in [5.74, 6) is 4.31. The van der Waals surface area contributed by atoms with Crippen LogP contribution >= 0.6 is 7.82 Å². The van der Waals surface area contributed by atoms with Crippen molar-refractivity contribution in [3.8, 4) is 0 Å². The fourth-order valence-electron chi connectivity index (χ4n) is 3.45. The third kappa shape index (κ3) is 8.84. The molecule has 2 aliphatic heterocycles. The van der Waals surface area contributed by atoms with Gasteiger partial charge in [0.2, 0.25) is 5.91 Å². The van der Waals surface area contributed by atoms with Gasteiger partial charge >= 0.3 is 7.82 Å². The lowest BCUT2D eigenvalue weighted by atomic mass is 9.97. The van der Waals surface area contributed by atoms with Gasteiger partial charge in [-0.25, -0.2) is 10.5 Å². The first-order valence-electron chi connectivity index (χ1n) is 10.8. The van der Waals surface area contributed by atoms with E-state index in [2.05, 4.69) is 14.7 Å². The molecule has 2 rings (SSSR count). The fourth-order valence-corrected chi connectivity index (χ4v) is 3.79. The van der Waals surface area contributed by atoms with Gasteiger partial charge in [-0.2, -0.15) is 0 Å². The summed E-state index contributed by atoms with van der Waals surface area (Å²) in [6.45, 7) is -1.88. The first-order chi connectivity index (χ1) is 16.9. The summed E-state index contributed by atoms with van der Waals surface area (Å²) in [7, 11) is -4.97. The normalized spacial score (nSPS) is 37.6. The maximum atomic E-state index is 11.3. The highest BCUT2D eigenvalue weighted by atomic mass is 31.2. The van der Waals surface area contributed by atoms with Gasteiger partial charge in [-0.15, -0.1) is 0 Å². The van der Waals surface area contributed by atoms with Crippen LogP contribution in [0.25, 0.3) is 0 Å². The maximum Gasteiger partial charge on any atom is 0.469 e. The van der Waals surface area contributed by atoms with Crippen molar-refractivity contribution in [3.63, 3.8) is 0 Å². The summed E-state index contributed by atoms with van der Waals surface area (Å²) in [5.41, 5.74) is 0. The Labute approximate surface area is 204 Å². The largest absolute Gasteiger partial charge is 0.469 e. The average Bonchev–Trinajstić information content (AvgIpc) is 2.81. The second-order valence-corrected chi connectivity index (χ2v) is 9.23. The smallest absolute Gasteiger partial charge is 0.394 e. The number of ether oxygens (including phenoxy) is 4. The van der Waals surface area contributed by atoms with Crippen LogP contribution < -0.4 is 11.2 Å². The van der Waals surface area contributed by atoms with E-state index in [-0.39, 0.29) is 26.2 Å². The first-order valence-corrected chi connectivity index (χ1v) is 12.3. The van der Waals surface area contributed by atoms with Crippen molar-refractivity contribution in [1.29, 1.82) is 0 Å². The molecule has 2 aliphatic rings. The molecule has 10 atom stereocenters. The summed E-state index contributed by atoms with van der Waals surface area (Å²) in [6, 6.07) is 0. The molecule has 0 spiro atoms. The number of carbonyl (C=O) groups excluding carboxylic acids is 1. The first kappa shape index (κ1) is 31.3. The Bertz CT molecular complexity index is 729. The molecule has 0 aromatic heterocycles. The zero-order chi connectivity index (χ0) is 27.0. The highest BCUT2D eigenvalue weighted by molar-refractivity contribution is 7.46. The number of rotatable bonds is 13. The van der Waals surface area contributed by atoms with E-state index in [1.54, 1.807) is 0 Å². The Balaban J connectivity index is 2.06. The number of phosphoric ester groups is 1. The molecular weight excluding hydrogens is 519 g/mol. The van der Waals surface area contributed by atoms with Crippen LogP contribution in [0, 0.1) is 0 Å². The van der Waals surface area contributed by atoms with Crippen LogP contribution in [0.15, 0.2) is 0 Å². The maximum absolute atomic E-state index is 11.3. The van der Waals surface area contributed by atoms with Crippen molar-refractivity contribution in [1.82, 2.24) is 5.32 Å². The lowest BCUT2D eigenvalue weighted by molar-refractivity contribution is -0.367. The highest BCUT2D eigenvalue weighted by Gasteiger charge is 2.51.